The maximum absolute atomic E-state index is 11.9. The minimum absolute atomic E-state index is 0.142. The van der Waals surface area contributed by atoms with Crippen molar-refractivity contribution in [3.05, 3.63) is 0 Å². The Hall–Kier alpha value is -1.24. The van der Waals surface area contributed by atoms with E-state index in [2.05, 4.69) is 5.32 Å². The molecule has 2 aliphatic rings. The van der Waals surface area contributed by atoms with Crippen LogP contribution in [0.1, 0.15) is 12.8 Å². The Morgan fingerprint density at radius 3 is 2.81 bits per heavy atom. The highest BCUT2D eigenvalue weighted by atomic mass is 32.2. The number of hydrogen-bond donors (Lipinski definition) is 2. The molecule has 2 atom stereocenters. The van der Waals surface area contributed by atoms with E-state index < -0.39 is 18.1 Å². The summed E-state index contributed by atoms with van der Waals surface area (Å²) >= 11 is 1.42. The molecule has 7 heteroatoms. The van der Waals surface area contributed by atoms with Gasteiger partial charge in [-0.1, -0.05) is 0 Å². The third-order valence-electron chi connectivity index (χ3n) is 2.74. The molecule has 88 valence electrons. The lowest BCUT2D eigenvalue weighted by molar-refractivity contribution is -0.148. The van der Waals surface area contributed by atoms with Crippen LogP contribution in [0.3, 0.4) is 0 Å². The van der Waals surface area contributed by atoms with Gasteiger partial charge in [-0.2, -0.15) is 0 Å². The number of carboxylic acid groups (broad SMARTS) is 1. The smallest absolute Gasteiger partial charge is 0.327 e. The summed E-state index contributed by atoms with van der Waals surface area (Å²) < 4.78 is 0. The Labute approximate surface area is 96.4 Å². The molecule has 0 aromatic rings. The van der Waals surface area contributed by atoms with Crippen LogP contribution in [0.15, 0.2) is 0 Å². The zero-order valence-corrected chi connectivity index (χ0v) is 9.33. The van der Waals surface area contributed by atoms with Crippen molar-refractivity contribution < 1.29 is 19.5 Å². The largest absolute Gasteiger partial charge is 0.480 e. The summed E-state index contributed by atoms with van der Waals surface area (Å²) in [6.45, 7) is 0. The summed E-state index contributed by atoms with van der Waals surface area (Å²) in [5.41, 5.74) is 0. The number of nitrogens with zero attached hydrogens (tertiary/aromatic N) is 1. The summed E-state index contributed by atoms with van der Waals surface area (Å²) in [5.74, 6) is -0.591. The monoisotopic (exact) mass is 244 g/mol. The predicted molar refractivity (Wildman–Crippen MR) is 56.8 cm³/mol. The van der Waals surface area contributed by atoms with Crippen LogP contribution in [-0.4, -0.2) is 51.5 Å². The molecule has 2 heterocycles. The fourth-order valence-corrected chi connectivity index (χ4v) is 3.02. The lowest BCUT2D eigenvalue weighted by atomic mass is 10.2. The first-order valence-corrected chi connectivity index (χ1v) is 6.15. The normalized spacial score (nSPS) is 29.2. The van der Waals surface area contributed by atoms with E-state index in [9.17, 15) is 14.4 Å². The Morgan fingerprint density at radius 1 is 1.50 bits per heavy atom. The number of carbonyl (C=O) groups is 3. The van der Waals surface area contributed by atoms with Gasteiger partial charge in [-0.3, -0.25) is 9.59 Å². The van der Waals surface area contributed by atoms with E-state index in [1.54, 1.807) is 0 Å². The van der Waals surface area contributed by atoms with E-state index in [-0.39, 0.29) is 11.8 Å². The van der Waals surface area contributed by atoms with Gasteiger partial charge in [-0.25, -0.2) is 4.79 Å². The molecule has 6 nitrogen and oxygen atoms in total. The SMILES string of the molecule is O=C1CC[C@@H](C(=O)N2CSC[C@@H]2C(=O)O)N1. The molecule has 2 rings (SSSR count). The van der Waals surface area contributed by atoms with Crippen LogP contribution >= 0.6 is 11.8 Å². The van der Waals surface area contributed by atoms with Crippen molar-refractivity contribution in [2.24, 2.45) is 0 Å². The number of hydrogen-bond acceptors (Lipinski definition) is 4. The van der Waals surface area contributed by atoms with Gasteiger partial charge < -0.3 is 15.3 Å². The number of carbonyl (C=O) groups excluding carboxylic acids is 2. The Bertz CT molecular complexity index is 346. The van der Waals surface area contributed by atoms with Crippen LogP contribution in [-0.2, 0) is 14.4 Å². The zero-order chi connectivity index (χ0) is 11.7. The summed E-state index contributed by atoms with van der Waals surface area (Å²) in [7, 11) is 0. The fourth-order valence-electron chi connectivity index (χ4n) is 1.86. The maximum atomic E-state index is 11.9. The van der Waals surface area contributed by atoms with E-state index >= 15 is 0 Å². The van der Waals surface area contributed by atoms with Gasteiger partial charge in [0.15, 0.2) is 0 Å². The minimum Gasteiger partial charge on any atom is -0.480 e. The Kier molecular flexibility index (Phi) is 3.04. The number of amides is 2. The van der Waals surface area contributed by atoms with Crippen molar-refractivity contribution in [1.29, 1.82) is 0 Å². The Balaban J connectivity index is 2.03. The van der Waals surface area contributed by atoms with Crippen LogP contribution < -0.4 is 5.32 Å². The van der Waals surface area contributed by atoms with Crippen molar-refractivity contribution in [2.45, 2.75) is 24.9 Å². The van der Waals surface area contributed by atoms with E-state index in [1.165, 1.54) is 16.7 Å². The van der Waals surface area contributed by atoms with Crippen molar-refractivity contribution in [2.75, 3.05) is 11.6 Å². The topological polar surface area (TPSA) is 86.7 Å². The first-order chi connectivity index (χ1) is 7.59. The van der Waals surface area contributed by atoms with Crippen molar-refractivity contribution in [1.82, 2.24) is 10.2 Å². The molecule has 2 N–H and O–H groups in total. The molecule has 0 aliphatic carbocycles. The average molecular weight is 244 g/mol. The highest BCUT2D eigenvalue weighted by Crippen LogP contribution is 2.23. The molecular weight excluding hydrogens is 232 g/mol. The number of rotatable bonds is 2. The average Bonchev–Trinajstić information content (AvgIpc) is 2.84. The molecule has 2 amide bonds. The number of aliphatic carboxylic acids is 1. The predicted octanol–water partition coefficient (Wildman–Crippen LogP) is -0.749. The molecule has 0 bridgehead atoms. The Morgan fingerprint density at radius 2 is 2.25 bits per heavy atom. The van der Waals surface area contributed by atoms with Gasteiger partial charge in [0.05, 0.1) is 5.88 Å². The van der Waals surface area contributed by atoms with Gasteiger partial charge in [0.25, 0.3) is 0 Å². The first-order valence-electron chi connectivity index (χ1n) is 5.00. The van der Waals surface area contributed by atoms with Gasteiger partial charge >= 0.3 is 5.97 Å². The molecule has 0 saturated carbocycles. The third-order valence-corrected chi connectivity index (χ3v) is 3.76. The molecule has 0 radical (unpaired) electrons. The minimum atomic E-state index is -0.984. The standard InChI is InChI=1S/C9H12N2O4S/c12-7-2-1-5(10-7)8(13)11-4-16-3-6(11)9(14)15/h5-6H,1-4H2,(H,10,12)(H,14,15)/t5-,6+/m0/s1. The van der Waals surface area contributed by atoms with E-state index in [0.717, 1.165) is 0 Å². The maximum Gasteiger partial charge on any atom is 0.327 e. The molecule has 0 aromatic heterocycles. The van der Waals surface area contributed by atoms with Gasteiger partial charge in [0.1, 0.15) is 12.1 Å². The van der Waals surface area contributed by atoms with Crippen molar-refractivity contribution in [3.63, 3.8) is 0 Å². The first kappa shape index (κ1) is 11.3. The van der Waals surface area contributed by atoms with Crippen LogP contribution in [0.25, 0.3) is 0 Å². The third kappa shape index (κ3) is 1.99. The van der Waals surface area contributed by atoms with Gasteiger partial charge in [0, 0.05) is 12.2 Å². The molecule has 16 heavy (non-hydrogen) atoms. The molecular formula is C9H12N2O4S. The highest BCUT2D eigenvalue weighted by molar-refractivity contribution is 7.99. The van der Waals surface area contributed by atoms with Gasteiger partial charge in [-0.05, 0) is 6.42 Å². The molecule has 2 saturated heterocycles. The second-order valence-electron chi connectivity index (χ2n) is 3.82. The van der Waals surface area contributed by atoms with Gasteiger partial charge in [0.2, 0.25) is 11.8 Å². The van der Waals surface area contributed by atoms with E-state index in [4.69, 9.17) is 5.11 Å². The van der Waals surface area contributed by atoms with Crippen molar-refractivity contribution >= 4 is 29.5 Å². The molecule has 0 spiro atoms. The molecule has 0 unspecified atom stereocenters. The number of thioether (sulfide) groups is 1. The summed E-state index contributed by atoms with van der Waals surface area (Å²) in [5, 5.41) is 11.5. The van der Waals surface area contributed by atoms with E-state index in [1.807, 2.05) is 0 Å². The summed E-state index contributed by atoms with van der Waals surface area (Å²) in [4.78, 5) is 35.2. The van der Waals surface area contributed by atoms with Crippen LogP contribution in [0.4, 0.5) is 0 Å². The quantitative estimate of drug-likeness (QED) is 0.667. The summed E-state index contributed by atoms with van der Waals surface area (Å²) in [6, 6.07) is -1.29. The lowest BCUT2D eigenvalue weighted by Gasteiger charge is -2.23. The molecule has 0 aromatic carbocycles. The van der Waals surface area contributed by atoms with Gasteiger partial charge in [-0.15, -0.1) is 11.8 Å². The summed E-state index contributed by atoms with van der Waals surface area (Å²) in [6.07, 6.45) is 0.806. The van der Waals surface area contributed by atoms with Crippen LogP contribution in [0.2, 0.25) is 0 Å². The number of nitrogens with one attached hydrogen (secondary N) is 1. The number of carboxylic acids is 1. The second kappa shape index (κ2) is 4.32. The van der Waals surface area contributed by atoms with Crippen molar-refractivity contribution in [3.8, 4) is 0 Å². The fraction of sp³-hybridized carbons (Fsp3) is 0.667. The zero-order valence-electron chi connectivity index (χ0n) is 8.51. The second-order valence-corrected chi connectivity index (χ2v) is 4.82. The molecule has 2 aliphatic heterocycles. The molecule has 2 fully saturated rings. The highest BCUT2D eigenvalue weighted by Gasteiger charge is 2.39. The van der Waals surface area contributed by atoms with Crippen LogP contribution in [0, 0.1) is 0 Å². The van der Waals surface area contributed by atoms with Crippen LogP contribution in [0.5, 0.6) is 0 Å². The van der Waals surface area contributed by atoms with E-state index in [0.29, 0.717) is 24.5 Å². The lowest BCUT2D eigenvalue weighted by Crippen LogP contribution is -2.49.